The van der Waals surface area contributed by atoms with Gasteiger partial charge in [0.15, 0.2) is 0 Å². The van der Waals surface area contributed by atoms with Gasteiger partial charge in [0.1, 0.15) is 0 Å². The Balaban J connectivity index is 0.000000354. The van der Waals surface area contributed by atoms with E-state index in [-0.39, 0.29) is 6.04 Å². The molecule has 0 aliphatic carbocycles. The van der Waals surface area contributed by atoms with Crippen molar-refractivity contribution in [3.63, 3.8) is 0 Å². The molecule has 0 radical (unpaired) electrons. The lowest BCUT2D eigenvalue weighted by molar-refractivity contribution is 0.818. The van der Waals surface area contributed by atoms with Gasteiger partial charge in [-0.25, -0.2) is 0 Å². The summed E-state index contributed by atoms with van der Waals surface area (Å²) in [5.74, 6) is 0. The van der Waals surface area contributed by atoms with E-state index >= 15 is 0 Å². The van der Waals surface area contributed by atoms with Gasteiger partial charge >= 0.3 is 0 Å². The quantitative estimate of drug-likeness (QED) is 0.679. The van der Waals surface area contributed by atoms with Crippen molar-refractivity contribution in [2.24, 2.45) is 5.73 Å². The molecule has 0 aromatic heterocycles. The van der Waals surface area contributed by atoms with Crippen molar-refractivity contribution in [1.82, 2.24) is 0 Å². The SMILES string of the molecule is CCC.C[C@@H](N)c1ccccc1. The molecule has 68 valence electrons. The molecule has 1 heteroatoms. The van der Waals surface area contributed by atoms with Gasteiger partial charge in [0.05, 0.1) is 0 Å². The Morgan fingerprint density at radius 1 is 1.17 bits per heavy atom. The molecule has 1 rings (SSSR count). The third kappa shape index (κ3) is 4.91. The van der Waals surface area contributed by atoms with Gasteiger partial charge in [-0.2, -0.15) is 0 Å². The number of hydrogen-bond donors (Lipinski definition) is 1. The molecule has 1 nitrogen and oxygen atoms in total. The average molecular weight is 165 g/mol. The molecule has 0 spiro atoms. The summed E-state index contributed by atoms with van der Waals surface area (Å²) in [6.07, 6.45) is 1.25. The minimum atomic E-state index is 0.159. The van der Waals surface area contributed by atoms with Crippen molar-refractivity contribution in [1.29, 1.82) is 0 Å². The molecular weight excluding hydrogens is 146 g/mol. The van der Waals surface area contributed by atoms with Crippen molar-refractivity contribution in [2.75, 3.05) is 0 Å². The van der Waals surface area contributed by atoms with E-state index in [4.69, 9.17) is 5.73 Å². The zero-order chi connectivity index (χ0) is 9.40. The summed E-state index contributed by atoms with van der Waals surface area (Å²) in [5, 5.41) is 0. The van der Waals surface area contributed by atoms with E-state index in [1.165, 1.54) is 12.0 Å². The lowest BCUT2D eigenvalue weighted by atomic mass is 10.1. The van der Waals surface area contributed by atoms with Crippen molar-refractivity contribution in [3.8, 4) is 0 Å². The summed E-state index contributed by atoms with van der Waals surface area (Å²) in [6.45, 7) is 6.23. The lowest BCUT2D eigenvalue weighted by Gasteiger charge is -2.02. The van der Waals surface area contributed by atoms with Gasteiger partial charge in [0, 0.05) is 6.04 Å². The second-order valence-electron chi connectivity index (χ2n) is 2.91. The summed E-state index contributed by atoms with van der Waals surface area (Å²) in [4.78, 5) is 0. The molecule has 1 aromatic carbocycles. The fraction of sp³-hybridized carbons (Fsp3) is 0.455. The number of nitrogens with two attached hydrogens (primary N) is 1. The maximum absolute atomic E-state index is 5.61. The molecule has 12 heavy (non-hydrogen) atoms. The second kappa shape index (κ2) is 6.86. The van der Waals surface area contributed by atoms with Crippen LogP contribution in [-0.4, -0.2) is 0 Å². The van der Waals surface area contributed by atoms with Crippen LogP contribution in [0.15, 0.2) is 30.3 Å². The van der Waals surface area contributed by atoms with Gasteiger partial charge in [-0.1, -0.05) is 50.6 Å². The van der Waals surface area contributed by atoms with Gasteiger partial charge in [0.25, 0.3) is 0 Å². The van der Waals surface area contributed by atoms with Crippen LogP contribution < -0.4 is 5.73 Å². The Bertz CT molecular complexity index is 179. The summed E-state index contributed by atoms with van der Waals surface area (Å²) in [6, 6.07) is 10.2. The highest BCUT2D eigenvalue weighted by molar-refractivity contribution is 5.17. The van der Waals surface area contributed by atoms with Crippen LogP contribution >= 0.6 is 0 Å². The molecule has 0 aliphatic rings. The Morgan fingerprint density at radius 2 is 1.58 bits per heavy atom. The highest BCUT2D eigenvalue weighted by atomic mass is 14.6. The first-order valence-electron chi connectivity index (χ1n) is 4.52. The number of rotatable bonds is 1. The van der Waals surface area contributed by atoms with Gasteiger partial charge < -0.3 is 5.73 Å². The standard InChI is InChI=1S/C8H11N.C3H8/c1-7(9)8-5-3-2-4-6-8;1-3-2/h2-7H,9H2,1H3;3H2,1-2H3/t7-;/m1./s1. The lowest BCUT2D eigenvalue weighted by Crippen LogP contribution is -2.03. The molecule has 0 saturated carbocycles. The molecule has 0 fully saturated rings. The fourth-order valence-electron chi connectivity index (χ4n) is 0.757. The summed E-state index contributed by atoms with van der Waals surface area (Å²) in [5.41, 5.74) is 6.81. The number of hydrogen-bond acceptors (Lipinski definition) is 1. The van der Waals surface area contributed by atoms with Crippen LogP contribution in [0.4, 0.5) is 0 Å². The first-order valence-corrected chi connectivity index (χ1v) is 4.52. The van der Waals surface area contributed by atoms with Gasteiger partial charge in [-0.05, 0) is 12.5 Å². The highest BCUT2D eigenvalue weighted by Gasteiger charge is 1.93. The zero-order valence-corrected chi connectivity index (χ0v) is 8.25. The van der Waals surface area contributed by atoms with Crippen LogP contribution in [0.1, 0.15) is 38.8 Å². The predicted octanol–water partition coefficient (Wildman–Crippen LogP) is 3.12. The molecule has 0 heterocycles. The normalized spacial score (nSPS) is 11.3. The topological polar surface area (TPSA) is 26.0 Å². The van der Waals surface area contributed by atoms with Gasteiger partial charge in [-0.3, -0.25) is 0 Å². The second-order valence-corrected chi connectivity index (χ2v) is 2.91. The highest BCUT2D eigenvalue weighted by Crippen LogP contribution is 2.06. The smallest absolute Gasteiger partial charge is 0.0266 e. The molecule has 0 saturated heterocycles. The molecule has 1 atom stereocenters. The maximum atomic E-state index is 5.61. The maximum Gasteiger partial charge on any atom is 0.0266 e. The average Bonchev–Trinajstić information content (AvgIpc) is 2.07. The Labute approximate surface area is 75.6 Å². The minimum Gasteiger partial charge on any atom is -0.324 e. The van der Waals surface area contributed by atoms with E-state index in [1.807, 2.05) is 37.3 Å². The van der Waals surface area contributed by atoms with Crippen LogP contribution in [0.3, 0.4) is 0 Å². The Morgan fingerprint density at radius 3 is 1.83 bits per heavy atom. The van der Waals surface area contributed by atoms with Crippen LogP contribution in [0.2, 0.25) is 0 Å². The minimum absolute atomic E-state index is 0.159. The summed E-state index contributed by atoms with van der Waals surface area (Å²) >= 11 is 0. The van der Waals surface area contributed by atoms with E-state index in [9.17, 15) is 0 Å². The molecule has 1 aromatic rings. The monoisotopic (exact) mass is 165 g/mol. The van der Waals surface area contributed by atoms with Crippen molar-refractivity contribution >= 4 is 0 Å². The molecule has 0 bridgehead atoms. The summed E-state index contributed by atoms with van der Waals surface area (Å²) < 4.78 is 0. The van der Waals surface area contributed by atoms with E-state index in [0.717, 1.165) is 0 Å². The van der Waals surface area contributed by atoms with E-state index in [0.29, 0.717) is 0 Å². The predicted molar refractivity (Wildman–Crippen MR) is 55.0 cm³/mol. The number of benzene rings is 1. The third-order valence-corrected chi connectivity index (χ3v) is 1.33. The van der Waals surface area contributed by atoms with Crippen LogP contribution in [0, 0.1) is 0 Å². The van der Waals surface area contributed by atoms with Gasteiger partial charge in [-0.15, -0.1) is 0 Å². The third-order valence-electron chi connectivity index (χ3n) is 1.33. The molecule has 2 N–H and O–H groups in total. The first kappa shape index (κ1) is 11.2. The van der Waals surface area contributed by atoms with E-state index in [2.05, 4.69) is 13.8 Å². The van der Waals surface area contributed by atoms with E-state index < -0.39 is 0 Å². The molecule has 0 aliphatic heterocycles. The molecular formula is C11H19N. The summed E-state index contributed by atoms with van der Waals surface area (Å²) in [7, 11) is 0. The zero-order valence-electron chi connectivity index (χ0n) is 8.25. The van der Waals surface area contributed by atoms with Gasteiger partial charge in [0.2, 0.25) is 0 Å². The van der Waals surface area contributed by atoms with Crippen molar-refractivity contribution in [3.05, 3.63) is 35.9 Å². The fourth-order valence-corrected chi connectivity index (χ4v) is 0.757. The van der Waals surface area contributed by atoms with Crippen molar-refractivity contribution in [2.45, 2.75) is 33.2 Å². The van der Waals surface area contributed by atoms with E-state index in [1.54, 1.807) is 0 Å². The van der Waals surface area contributed by atoms with Crippen LogP contribution in [0.25, 0.3) is 0 Å². The van der Waals surface area contributed by atoms with Crippen LogP contribution in [0.5, 0.6) is 0 Å². The Kier molecular flexibility index (Phi) is 6.39. The van der Waals surface area contributed by atoms with Crippen molar-refractivity contribution < 1.29 is 0 Å². The molecule has 0 unspecified atom stereocenters. The largest absolute Gasteiger partial charge is 0.324 e. The van der Waals surface area contributed by atoms with Crippen LogP contribution in [-0.2, 0) is 0 Å². The molecule has 0 amide bonds. The Hall–Kier alpha value is -0.820. The first-order chi connectivity index (χ1) is 5.72.